The van der Waals surface area contributed by atoms with E-state index < -0.39 is 4.92 Å². The molecule has 1 saturated carbocycles. The van der Waals surface area contributed by atoms with Crippen LogP contribution < -0.4 is 5.32 Å². The molecule has 1 fully saturated rings. The number of benzene rings is 2. The maximum absolute atomic E-state index is 13.3. The molecule has 0 aliphatic heterocycles. The summed E-state index contributed by atoms with van der Waals surface area (Å²) in [5.41, 5.74) is 4.01. The number of nitro benzene ring substituents is 1. The van der Waals surface area contributed by atoms with Crippen molar-refractivity contribution in [3.05, 3.63) is 81.7 Å². The van der Waals surface area contributed by atoms with Crippen LogP contribution in [-0.2, 0) is 5.41 Å². The second-order valence-electron chi connectivity index (χ2n) is 9.26. The van der Waals surface area contributed by atoms with Crippen LogP contribution in [0.25, 0.3) is 5.69 Å². The molecule has 2 aromatic carbocycles. The first-order chi connectivity index (χ1) is 14.7. The molecule has 2 atom stereocenters. The third-order valence-electron chi connectivity index (χ3n) is 7.57. The largest absolute Gasteiger partial charge is 0.321 e. The van der Waals surface area contributed by atoms with Crippen molar-refractivity contribution in [1.82, 2.24) is 9.78 Å². The molecule has 0 spiro atoms. The number of nitrogens with zero attached hydrogens (tertiary/aromatic N) is 3. The number of anilines is 1. The monoisotopic (exact) mass is 416 g/mol. The van der Waals surface area contributed by atoms with Gasteiger partial charge in [0.2, 0.25) is 0 Å². The summed E-state index contributed by atoms with van der Waals surface area (Å²) in [7, 11) is 0. The van der Waals surface area contributed by atoms with Crippen LogP contribution in [0.3, 0.4) is 0 Å². The van der Waals surface area contributed by atoms with Crippen LogP contribution in [0, 0.1) is 15.5 Å². The summed E-state index contributed by atoms with van der Waals surface area (Å²) in [5.74, 6) is -0.0192. The first-order valence-electron chi connectivity index (χ1n) is 10.5. The quantitative estimate of drug-likeness (QED) is 0.467. The third kappa shape index (κ3) is 2.65. The molecule has 1 aromatic heterocycles. The van der Waals surface area contributed by atoms with Crippen molar-refractivity contribution in [3.8, 4) is 5.69 Å². The van der Waals surface area contributed by atoms with Gasteiger partial charge in [-0.25, -0.2) is 4.68 Å². The number of nitrogens with one attached hydrogen (secondary N) is 1. The smallest absolute Gasteiger partial charge is 0.276 e. The van der Waals surface area contributed by atoms with Crippen LogP contribution in [-0.4, -0.2) is 20.6 Å². The van der Waals surface area contributed by atoms with Crippen molar-refractivity contribution in [2.75, 3.05) is 5.32 Å². The van der Waals surface area contributed by atoms with Crippen LogP contribution in [0.5, 0.6) is 0 Å². The molecule has 0 radical (unpaired) electrons. The molecule has 2 bridgehead atoms. The Balaban J connectivity index is 1.59. The Hall–Kier alpha value is -3.48. The first-order valence-corrected chi connectivity index (χ1v) is 10.5. The maximum Gasteiger partial charge on any atom is 0.276 e. The fourth-order valence-electron chi connectivity index (χ4n) is 5.50. The highest BCUT2D eigenvalue weighted by molar-refractivity contribution is 6.04. The number of hydrogen-bond acceptors (Lipinski definition) is 4. The molecule has 0 unspecified atom stereocenters. The Labute approximate surface area is 180 Å². The van der Waals surface area contributed by atoms with Crippen LogP contribution >= 0.6 is 0 Å². The van der Waals surface area contributed by atoms with Crippen LogP contribution in [0.15, 0.2) is 54.6 Å². The summed E-state index contributed by atoms with van der Waals surface area (Å²) in [5, 5.41) is 18.6. The summed E-state index contributed by atoms with van der Waals surface area (Å²) >= 11 is 0. The van der Waals surface area contributed by atoms with E-state index in [4.69, 9.17) is 5.10 Å². The summed E-state index contributed by atoms with van der Waals surface area (Å²) in [4.78, 5) is 23.7. The van der Waals surface area contributed by atoms with E-state index in [0.29, 0.717) is 11.4 Å². The average Bonchev–Trinajstić information content (AvgIpc) is 3.31. The van der Waals surface area contributed by atoms with E-state index in [0.717, 1.165) is 29.8 Å². The Bertz CT molecular complexity index is 1200. The van der Waals surface area contributed by atoms with Gasteiger partial charge in [0.25, 0.3) is 11.6 Å². The molecule has 1 N–H and O–H groups in total. The lowest BCUT2D eigenvalue weighted by atomic mass is 9.70. The Morgan fingerprint density at radius 3 is 2.45 bits per heavy atom. The summed E-state index contributed by atoms with van der Waals surface area (Å²) in [6.07, 6.45) is 2.11. The minimum atomic E-state index is -0.459. The van der Waals surface area contributed by atoms with E-state index in [1.54, 1.807) is 12.1 Å². The van der Waals surface area contributed by atoms with Gasteiger partial charge in [-0.3, -0.25) is 14.9 Å². The minimum absolute atomic E-state index is 0.0146. The van der Waals surface area contributed by atoms with Gasteiger partial charge in [-0.15, -0.1) is 0 Å². The highest BCUT2D eigenvalue weighted by atomic mass is 16.6. The van der Waals surface area contributed by atoms with Gasteiger partial charge in [0.15, 0.2) is 5.69 Å². The van der Waals surface area contributed by atoms with Crippen molar-refractivity contribution in [2.45, 2.75) is 44.9 Å². The van der Waals surface area contributed by atoms with Gasteiger partial charge in [0, 0.05) is 28.8 Å². The van der Waals surface area contributed by atoms with Crippen molar-refractivity contribution < 1.29 is 9.72 Å². The highest BCUT2D eigenvalue weighted by Gasteiger charge is 2.63. The second-order valence-corrected chi connectivity index (χ2v) is 9.26. The predicted molar refractivity (Wildman–Crippen MR) is 118 cm³/mol. The van der Waals surface area contributed by atoms with Crippen molar-refractivity contribution in [2.24, 2.45) is 5.41 Å². The zero-order valence-electron chi connectivity index (χ0n) is 17.8. The standard InChI is InChI=1S/C24H24N4O3/c1-23(2)18-13-14-24(23,3)21-19(18)20(26-27(21)16-7-5-4-6-8-16)22(29)25-15-9-11-17(12-10-15)28(30)31/h4-12,18H,13-14H2,1-3H3,(H,25,29)/t18-,24+/m0/s1. The van der Waals surface area contributed by atoms with Gasteiger partial charge in [-0.2, -0.15) is 5.10 Å². The lowest BCUT2D eigenvalue weighted by Crippen LogP contribution is -2.33. The van der Waals surface area contributed by atoms with E-state index in [1.165, 1.54) is 12.1 Å². The van der Waals surface area contributed by atoms with Gasteiger partial charge in [0.05, 0.1) is 16.3 Å². The zero-order valence-corrected chi connectivity index (χ0v) is 17.8. The Morgan fingerprint density at radius 1 is 1.13 bits per heavy atom. The van der Waals surface area contributed by atoms with Crippen molar-refractivity contribution in [1.29, 1.82) is 0 Å². The Morgan fingerprint density at radius 2 is 1.81 bits per heavy atom. The topological polar surface area (TPSA) is 90.1 Å². The zero-order chi connectivity index (χ0) is 22.0. The van der Waals surface area contributed by atoms with Crippen LogP contribution in [0.2, 0.25) is 0 Å². The van der Waals surface area contributed by atoms with Gasteiger partial charge < -0.3 is 5.32 Å². The maximum atomic E-state index is 13.3. The van der Waals surface area contributed by atoms with E-state index in [1.807, 2.05) is 35.0 Å². The normalized spacial score (nSPS) is 22.9. The lowest BCUT2D eigenvalue weighted by Gasteiger charge is -2.35. The summed E-state index contributed by atoms with van der Waals surface area (Å²) in [6.45, 7) is 6.87. The van der Waals surface area contributed by atoms with Gasteiger partial charge in [0.1, 0.15) is 0 Å². The number of non-ortho nitro benzene ring substituents is 1. The molecule has 158 valence electrons. The number of fused-ring (bicyclic) bond motifs is 5. The van der Waals surface area contributed by atoms with Crippen LogP contribution in [0.1, 0.15) is 61.3 Å². The molecule has 2 aliphatic carbocycles. The number of para-hydroxylation sites is 1. The minimum Gasteiger partial charge on any atom is -0.321 e. The molecule has 2 aliphatic rings. The number of nitro groups is 1. The van der Waals surface area contributed by atoms with Crippen molar-refractivity contribution in [3.63, 3.8) is 0 Å². The molecule has 0 saturated heterocycles. The molecular formula is C24H24N4O3. The number of carbonyl (C=O) groups is 1. The van der Waals surface area contributed by atoms with E-state index in [2.05, 4.69) is 26.1 Å². The molecule has 5 rings (SSSR count). The average molecular weight is 416 g/mol. The molecule has 7 heteroatoms. The fourth-order valence-corrected chi connectivity index (χ4v) is 5.50. The lowest BCUT2D eigenvalue weighted by molar-refractivity contribution is -0.384. The Kier molecular flexibility index (Phi) is 4.09. The summed E-state index contributed by atoms with van der Waals surface area (Å²) in [6, 6.07) is 15.8. The number of amides is 1. The van der Waals surface area contributed by atoms with E-state index >= 15 is 0 Å². The third-order valence-corrected chi connectivity index (χ3v) is 7.57. The predicted octanol–water partition coefficient (Wildman–Crippen LogP) is 5.21. The molecule has 7 nitrogen and oxygen atoms in total. The number of hydrogen-bond donors (Lipinski definition) is 1. The summed E-state index contributed by atoms with van der Waals surface area (Å²) < 4.78 is 1.95. The first kappa shape index (κ1) is 19.5. The molecular weight excluding hydrogens is 392 g/mol. The van der Waals surface area contributed by atoms with Crippen molar-refractivity contribution >= 4 is 17.3 Å². The van der Waals surface area contributed by atoms with E-state index in [9.17, 15) is 14.9 Å². The SMILES string of the molecule is CC1(C)[C@H]2CC[C@]1(C)c1c2c(C(=O)Nc2ccc([N+](=O)[O-])cc2)nn1-c1ccccc1. The number of carbonyl (C=O) groups excluding carboxylic acids is 1. The molecule has 1 amide bonds. The number of rotatable bonds is 4. The van der Waals surface area contributed by atoms with Gasteiger partial charge in [-0.05, 0) is 48.4 Å². The van der Waals surface area contributed by atoms with Gasteiger partial charge >= 0.3 is 0 Å². The van der Waals surface area contributed by atoms with Gasteiger partial charge in [-0.1, -0.05) is 39.0 Å². The molecule has 1 heterocycles. The second kappa shape index (κ2) is 6.51. The molecule has 31 heavy (non-hydrogen) atoms. The number of aromatic nitrogens is 2. The van der Waals surface area contributed by atoms with E-state index in [-0.39, 0.29) is 28.3 Å². The van der Waals surface area contributed by atoms with Crippen LogP contribution in [0.4, 0.5) is 11.4 Å². The highest BCUT2D eigenvalue weighted by Crippen LogP contribution is 2.68. The molecule has 3 aromatic rings. The fraction of sp³-hybridized carbons (Fsp3) is 0.333.